The first-order chi connectivity index (χ1) is 3.00. The van der Waals surface area contributed by atoms with Gasteiger partial charge in [-0.15, -0.1) is 0 Å². The highest BCUT2D eigenvalue weighted by atomic mass is 29.2. The molecule has 1 aliphatic heterocycles. The highest BCUT2D eigenvalue weighted by molar-refractivity contribution is 7.18. The maximum Gasteiger partial charge on any atom is 0.0680 e. The van der Waals surface area contributed by atoms with E-state index in [2.05, 4.69) is 4.65 Å². The fourth-order valence-electron chi connectivity index (χ4n) is 0.802. The van der Waals surface area contributed by atoms with Crippen LogP contribution in [0.25, 0.3) is 0 Å². The molecule has 0 aromatic heterocycles. The van der Waals surface area contributed by atoms with Crippen LogP contribution >= 0.6 is 0 Å². The van der Waals surface area contributed by atoms with Crippen molar-refractivity contribution in [3.05, 3.63) is 0 Å². The Morgan fingerprint density at radius 2 is 1.83 bits per heavy atom. The maximum absolute atomic E-state index is 3.69. The molecule has 0 spiro atoms. The van der Waals surface area contributed by atoms with E-state index in [9.17, 15) is 0 Å². The topological polar surface area (TPSA) is 12.0 Å². The molecule has 1 rings (SSSR count). The van der Waals surface area contributed by atoms with E-state index < -0.39 is 0 Å². The van der Waals surface area contributed by atoms with Crippen LogP contribution in [0.1, 0.15) is 0 Å². The van der Waals surface area contributed by atoms with Gasteiger partial charge in [0.15, 0.2) is 0 Å². The maximum atomic E-state index is 3.69. The zero-order valence-electron chi connectivity index (χ0n) is 4.04. The van der Waals surface area contributed by atoms with E-state index >= 15 is 0 Å². The number of hydrogen-bond donors (Lipinski definition) is 1. The molecule has 1 nitrogen and oxygen atoms in total. The van der Waals surface area contributed by atoms with Gasteiger partial charge in [0.1, 0.15) is 0 Å². The molecule has 1 aliphatic rings. The van der Waals surface area contributed by atoms with Crippen LogP contribution in [0.3, 0.4) is 0 Å². The minimum Gasteiger partial charge on any atom is -0.374 e. The van der Waals surface area contributed by atoms with Crippen LogP contribution < -0.4 is 4.65 Å². The minimum atomic E-state index is 0.494. The summed E-state index contributed by atoms with van der Waals surface area (Å²) in [7, 11) is 2.25. The van der Waals surface area contributed by atoms with Gasteiger partial charge in [0.2, 0.25) is 0 Å². The predicted octanol–water partition coefficient (Wildman–Crippen LogP) is -3.70. The lowest BCUT2D eigenvalue weighted by Crippen LogP contribution is -2.38. The summed E-state index contributed by atoms with van der Waals surface area (Å²) in [5.74, 6) is 0. The molecule has 0 amide bonds. The van der Waals surface area contributed by atoms with Crippen molar-refractivity contribution >= 4 is 36.5 Å². The van der Waals surface area contributed by atoms with Crippen molar-refractivity contribution in [1.82, 2.24) is 4.65 Å². The first-order valence-corrected chi connectivity index (χ1v) is 14.1. The van der Waals surface area contributed by atoms with Gasteiger partial charge in [-0.05, 0) is 0 Å². The molecule has 5 heteroatoms. The van der Waals surface area contributed by atoms with Gasteiger partial charge in [0, 0.05) is 18.1 Å². The second kappa shape index (κ2) is 2.91. The van der Waals surface area contributed by atoms with Crippen LogP contribution in [0, 0.1) is 0 Å². The fourth-order valence-corrected chi connectivity index (χ4v) is 37.9. The third kappa shape index (κ3) is 1.52. The van der Waals surface area contributed by atoms with Gasteiger partial charge in [0.05, 0.1) is 18.4 Å². The van der Waals surface area contributed by atoms with Gasteiger partial charge in [-0.1, -0.05) is 5.67 Å². The van der Waals surface area contributed by atoms with Crippen molar-refractivity contribution in [2.75, 3.05) is 0 Å². The summed E-state index contributed by atoms with van der Waals surface area (Å²) >= 11 is 0. The zero-order chi connectivity index (χ0) is 4.24. The van der Waals surface area contributed by atoms with Crippen LogP contribution in [-0.2, 0) is 0 Å². The monoisotopic (exact) mass is 149 g/mol. The Labute approximate surface area is 47.3 Å². The lowest BCUT2D eigenvalue weighted by molar-refractivity contribution is 1.63. The highest BCUT2D eigenvalue weighted by Gasteiger charge is 1.97. The number of nitrogens with one attached hydrogen (secondary N) is 1. The van der Waals surface area contributed by atoms with Crippen molar-refractivity contribution in [3.8, 4) is 0 Å². The van der Waals surface area contributed by atoms with Crippen LogP contribution in [0.15, 0.2) is 0 Å². The predicted molar refractivity (Wildman–Crippen MR) is 42.1 cm³/mol. The third-order valence-electron chi connectivity index (χ3n) is 1.21. The summed E-state index contributed by atoms with van der Waals surface area (Å²) in [5.41, 5.74) is 1.84. The molecular weight excluding hydrogens is 138 g/mol. The second-order valence-corrected chi connectivity index (χ2v) is 16.3. The largest absolute Gasteiger partial charge is 0.374 e. The summed E-state index contributed by atoms with van der Waals surface area (Å²) in [6.07, 6.45) is 0. The summed E-state index contributed by atoms with van der Waals surface area (Å²) in [6, 6.07) is 0. The quantitative estimate of drug-likeness (QED) is 0.350. The fraction of sp³-hybridized carbons (Fsp3) is 1.00. The second-order valence-electron chi connectivity index (χ2n) is 1.81. The van der Waals surface area contributed by atoms with Gasteiger partial charge in [-0.25, -0.2) is 0 Å². The van der Waals surface area contributed by atoms with Crippen molar-refractivity contribution in [3.63, 3.8) is 0 Å². The highest BCUT2D eigenvalue weighted by Crippen LogP contribution is 1.73. The Hall–Kier alpha value is 0.828. The molecule has 0 atom stereocenters. The van der Waals surface area contributed by atoms with E-state index in [1.54, 1.807) is 0 Å². The van der Waals surface area contributed by atoms with Crippen LogP contribution in [0.5, 0.6) is 0 Å². The Balaban J connectivity index is 2.00. The molecule has 0 saturated carbocycles. The lowest BCUT2D eigenvalue weighted by atomic mass is 11.9. The molecule has 1 saturated heterocycles. The molecule has 0 radical (unpaired) electrons. The zero-order valence-corrected chi connectivity index (χ0v) is 9.69. The first kappa shape index (κ1) is 4.97. The van der Waals surface area contributed by atoms with E-state index in [1.165, 1.54) is 0 Å². The minimum absolute atomic E-state index is 0.494. The summed E-state index contributed by atoms with van der Waals surface area (Å²) in [4.78, 5) is 0. The average Bonchev–Trinajstić information content (AvgIpc) is 1.72. The van der Waals surface area contributed by atoms with Crippen molar-refractivity contribution in [2.45, 2.75) is 5.67 Å². The first-order valence-electron chi connectivity index (χ1n) is 2.71. The molecule has 0 bridgehead atoms. The molecule has 6 heavy (non-hydrogen) atoms. The Kier molecular flexibility index (Phi) is 2.42. The molecule has 0 unspecified atom stereocenters. The van der Waals surface area contributed by atoms with Crippen LogP contribution in [0.4, 0.5) is 0 Å². The van der Waals surface area contributed by atoms with Gasteiger partial charge in [0.25, 0.3) is 0 Å². The third-order valence-corrected chi connectivity index (χ3v) is 26.2. The van der Waals surface area contributed by atoms with E-state index in [1.807, 2.05) is 5.67 Å². The SMILES string of the molecule is C1[SiH2][SiH2]N[SiH2][SiH2]1. The summed E-state index contributed by atoms with van der Waals surface area (Å²) < 4.78 is 3.69. The Morgan fingerprint density at radius 1 is 1.17 bits per heavy atom. The molecule has 0 aromatic rings. The van der Waals surface area contributed by atoms with E-state index in [0.29, 0.717) is 36.5 Å². The van der Waals surface area contributed by atoms with Crippen molar-refractivity contribution < 1.29 is 0 Å². The normalized spacial score (nSPS) is 40.0. The van der Waals surface area contributed by atoms with Gasteiger partial charge in [-0.2, -0.15) is 0 Å². The summed E-state index contributed by atoms with van der Waals surface area (Å²) in [5, 5.41) is 0. The van der Waals surface area contributed by atoms with E-state index in [-0.39, 0.29) is 0 Å². The lowest BCUT2D eigenvalue weighted by Gasteiger charge is -2.06. The van der Waals surface area contributed by atoms with Gasteiger partial charge in [-0.3, -0.25) is 0 Å². The van der Waals surface area contributed by atoms with E-state index in [0.717, 1.165) is 0 Å². The molecule has 36 valence electrons. The molecule has 0 aromatic carbocycles. The number of hydrogen-bond acceptors (Lipinski definition) is 1. The van der Waals surface area contributed by atoms with Gasteiger partial charge >= 0.3 is 0 Å². The van der Waals surface area contributed by atoms with Crippen LogP contribution in [-0.4, -0.2) is 36.5 Å². The average molecular weight is 149 g/mol. The van der Waals surface area contributed by atoms with Crippen LogP contribution in [0.2, 0.25) is 5.67 Å². The van der Waals surface area contributed by atoms with Crippen molar-refractivity contribution in [2.24, 2.45) is 0 Å². The van der Waals surface area contributed by atoms with Crippen molar-refractivity contribution in [1.29, 1.82) is 0 Å². The smallest absolute Gasteiger partial charge is 0.0680 e. The summed E-state index contributed by atoms with van der Waals surface area (Å²) in [6.45, 7) is 0. The molecule has 1 heterocycles. The molecular formula is CH11NSi4. The van der Waals surface area contributed by atoms with E-state index in [4.69, 9.17) is 0 Å². The number of rotatable bonds is 0. The Bertz CT molecular complexity index is 23.0. The standard InChI is InChI=1S/CH11NSi4/c1-3-5-2-6-4-1/h2H,1,3-6H2. The molecule has 1 N–H and O–H groups in total. The molecule has 0 aliphatic carbocycles. The van der Waals surface area contributed by atoms with Gasteiger partial charge < -0.3 is 4.65 Å². The molecule has 1 fully saturated rings. The Morgan fingerprint density at radius 3 is 2.00 bits per heavy atom.